The molecular formula is C27H31N7O2. The maximum atomic E-state index is 12.7. The number of fused-ring (bicyclic) bond motifs is 3. The van der Waals surface area contributed by atoms with Crippen LogP contribution in [0.25, 0.3) is 22.2 Å². The number of nitrogens with one attached hydrogen (secondary N) is 3. The van der Waals surface area contributed by atoms with Crippen molar-refractivity contribution in [1.29, 1.82) is 0 Å². The zero-order chi connectivity index (χ0) is 24.5. The van der Waals surface area contributed by atoms with Gasteiger partial charge in [0.25, 0.3) is 0 Å². The molecule has 5 aliphatic rings. The molecule has 3 saturated carbocycles. The molecular weight excluding hydrogens is 454 g/mol. The third-order valence-corrected chi connectivity index (χ3v) is 8.78. The van der Waals surface area contributed by atoms with E-state index in [1.807, 2.05) is 36.2 Å². The molecule has 3 aliphatic carbocycles. The zero-order valence-electron chi connectivity index (χ0n) is 20.5. The molecule has 1 aromatic carbocycles. The Morgan fingerprint density at radius 1 is 1.14 bits per heavy atom. The van der Waals surface area contributed by atoms with Crippen molar-refractivity contribution in [2.45, 2.75) is 56.5 Å². The molecule has 8 rings (SSSR count). The Bertz CT molecular complexity index is 1380. The summed E-state index contributed by atoms with van der Waals surface area (Å²) in [5.74, 6) is 0.811. The van der Waals surface area contributed by atoms with Gasteiger partial charge in [-0.1, -0.05) is 6.07 Å². The molecule has 9 nitrogen and oxygen atoms in total. The molecule has 1 spiro atoms. The number of rotatable bonds is 4. The van der Waals surface area contributed by atoms with Crippen LogP contribution in [0.5, 0.6) is 0 Å². The fraction of sp³-hybridized carbons (Fsp3) is 0.481. The molecule has 4 fully saturated rings. The Morgan fingerprint density at radius 3 is 2.75 bits per heavy atom. The van der Waals surface area contributed by atoms with E-state index in [0.717, 1.165) is 85.5 Å². The van der Waals surface area contributed by atoms with Crippen LogP contribution in [0, 0.1) is 5.92 Å². The van der Waals surface area contributed by atoms with E-state index >= 15 is 0 Å². The second-order valence-corrected chi connectivity index (χ2v) is 11.1. The fourth-order valence-electron chi connectivity index (χ4n) is 6.75. The molecule has 1 atom stereocenters. The van der Waals surface area contributed by atoms with E-state index in [9.17, 15) is 9.59 Å². The van der Waals surface area contributed by atoms with Gasteiger partial charge in [0.15, 0.2) is 0 Å². The number of nitrogens with zero attached hydrogens (tertiary/aromatic N) is 4. The summed E-state index contributed by atoms with van der Waals surface area (Å²) in [6.45, 7) is 4.94. The van der Waals surface area contributed by atoms with Crippen molar-refractivity contribution in [3.05, 3.63) is 42.2 Å². The van der Waals surface area contributed by atoms with E-state index in [1.165, 1.54) is 5.69 Å². The van der Waals surface area contributed by atoms with Gasteiger partial charge in [-0.15, -0.1) is 0 Å². The van der Waals surface area contributed by atoms with Crippen LogP contribution < -0.4 is 16.0 Å². The number of amides is 4. The number of pyridine rings is 1. The number of hydrogen-bond acceptors (Lipinski definition) is 4. The quantitative estimate of drug-likeness (QED) is 0.522. The van der Waals surface area contributed by atoms with Crippen molar-refractivity contribution in [3.63, 3.8) is 0 Å². The summed E-state index contributed by atoms with van der Waals surface area (Å²) in [6, 6.07) is 9.91. The van der Waals surface area contributed by atoms with Crippen molar-refractivity contribution in [2.75, 3.05) is 25.0 Å². The van der Waals surface area contributed by atoms with E-state index < -0.39 is 0 Å². The Hall–Kier alpha value is -3.62. The lowest BCUT2D eigenvalue weighted by Gasteiger charge is -2.61. The number of aromatic nitrogens is 3. The predicted molar refractivity (Wildman–Crippen MR) is 137 cm³/mol. The van der Waals surface area contributed by atoms with Crippen molar-refractivity contribution in [1.82, 2.24) is 30.3 Å². The first-order valence-electron chi connectivity index (χ1n) is 13.1. The van der Waals surface area contributed by atoms with Crippen LogP contribution >= 0.6 is 0 Å². The number of carbonyl (C=O) groups excluding carboxylic acids is 2. The summed E-state index contributed by atoms with van der Waals surface area (Å²) in [6.07, 6.45) is 7.14. The van der Waals surface area contributed by atoms with Gasteiger partial charge >= 0.3 is 12.1 Å². The average molecular weight is 486 g/mol. The molecule has 4 amide bonds. The third kappa shape index (κ3) is 3.28. The second-order valence-electron chi connectivity index (χ2n) is 11.1. The minimum Gasteiger partial charge on any atom is -0.338 e. The van der Waals surface area contributed by atoms with Crippen molar-refractivity contribution >= 4 is 28.7 Å². The third-order valence-electron chi connectivity index (χ3n) is 8.78. The van der Waals surface area contributed by atoms with Crippen LogP contribution in [0.15, 0.2) is 36.5 Å². The highest BCUT2D eigenvalue weighted by molar-refractivity contribution is 6.01. The average Bonchev–Trinajstić information content (AvgIpc) is 3.53. The number of anilines is 1. The SMILES string of the molecule is CCNC(=O)N1CCC2(CCn3nc(-c4cnc5cccc(NC(=O)NC67CC(C6)C7)c5c4)cc32)C1. The summed E-state index contributed by atoms with van der Waals surface area (Å²) in [5.41, 5.74) is 4.58. The highest BCUT2D eigenvalue weighted by atomic mass is 16.2. The van der Waals surface area contributed by atoms with Crippen LogP contribution in [0.1, 0.15) is 44.7 Å². The number of likely N-dealkylation sites (tertiary alicyclic amines) is 1. The summed E-state index contributed by atoms with van der Waals surface area (Å²) >= 11 is 0. The molecule has 3 N–H and O–H groups in total. The van der Waals surface area contributed by atoms with Gasteiger partial charge in [-0.25, -0.2) is 9.59 Å². The van der Waals surface area contributed by atoms with Gasteiger partial charge in [0.2, 0.25) is 0 Å². The molecule has 1 unspecified atom stereocenters. The Morgan fingerprint density at radius 2 is 1.97 bits per heavy atom. The van der Waals surface area contributed by atoms with Crippen LogP contribution in [-0.2, 0) is 12.0 Å². The standard InChI is InChI=1S/C27H31N7O2/c1-2-28-25(36)33-8-6-26(16-33)7-9-34-23(26)11-22(32-34)18-10-19-20(29-15-18)4-3-5-21(19)30-24(35)31-27-12-17(13-27)14-27/h3-5,10-11,15,17H,2,6-9,12-14,16H2,1H3,(H,28,36)(H2,30,31,35). The summed E-state index contributed by atoms with van der Waals surface area (Å²) in [4.78, 5) is 31.7. The minimum atomic E-state index is -0.146. The van der Waals surface area contributed by atoms with Crippen LogP contribution in [0.3, 0.4) is 0 Å². The smallest absolute Gasteiger partial charge is 0.319 e. The maximum absolute atomic E-state index is 12.7. The summed E-state index contributed by atoms with van der Waals surface area (Å²) in [5, 5.41) is 15.0. The van der Waals surface area contributed by atoms with E-state index in [2.05, 4.69) is 37.7 Å². The second kappa shape index (κ2) is 7.69. The zero-order valence-corrected chi connectivity index (χ0v) is 20.5. The van der Waals surface area contributed by atoms with E-state index in [-0.39, 0.29) is 23.0 Å². The molecule has 36 heavy (non-hydrogen) atoms. The molecule has 0 radical (unpaired) electrons. The molecule has 186 valence electrons. The number of urea groups is 2. The van der Waals surface area contributed by atoms with Crippen LogP contribution in [0.2, 0.25) is 0 Å². The van der Waals surface area contributed by atoms with Crippen LogP contribution in [0.4, 0.5) is 15.3 Å². The van der Waals surface area contributed by atoms with Gasteiger partial charge in [-0.2, -0.15) is 5.10 Å². The van der Waals surface area contributed by atoms with Gasteiger partial charge in [0, 0.05) is 60.0 Å². The van der Waals surface area contributed by atoms with E-state index in [1.54, 1.807) is 0 Å². The first-order valence-corrected chi connectivity index (χ1v) is 13.1. The van der Waals surface area contributed by atoms with Gasteiger partial charge in [-0.05, 0) is 69.2 Å². The largest absolute Gasteiger partial charge is 0.338 e. The molecule has 2 bridgehead atoms. The van der Waals surface area contributed by atoms with E-state index in [0.29, 0.717) is 6.54 Å². The minimum absolute atomic E-state index is 0.0180. The molecule has 1 saturated heterocycles. The summed E-state index contributed by atoms with van der Waals surface area (Å²) in [7, 11) is 0. The van der Waals surface area contributed by atoms with Gasteiger partial charge in [-0.3, -0.25) is 9.67 Å². The normalized spacial score (nSPS) is 27.5. The lowest BCUT2D eigenvalue weighted by atomic mass is 9.50. The first kappa shape index (κ1) is 21.6. The highest BCUT2D eigenvalue weighted by Gasteiger charge is 2.57. The predicted octanol–water partition coefficient (Wildman–Crippen LogP) is 3.85. The van der Waals surface area contributed by atoms with Gasteiger partial charge < -0.3 is 20.9 Å². The monoisotopic (exact) mass is 485 g/mol. The number of hydrogen-bond donors (Lipinski definition) is 3. The van der Waals surface area contributed by atoms with Crippen molar-refractivity contribution < 1.29 is 9.59 Å². The van der Waals surface area contributed by atoms with Gasteiger partial charge in [0.1, 0.15) is 0 Å². The lowest BCUT2D eigenvalue weighted by molar-refractivity contribution is -0.0390. The van der Waals surface area contributed by atoms with Crippen molar-refractivity contribution in [2.24, 2.45) is 5.92 Å². The number of aryl methyl sites for hydroxylation is 1. The summed E-state index contributed by atoms with van der Waals surface area (Å²) < 4.78 is 2.10. The Balaban J connectivity index is 1.15. The van der Waals surface area contributed by atoms with Gasteiger partial charge in [0.05, 0.1) is 16.9 Å². The Labute approximate surface area is 209 Å². The molecule has 3 aromatic rings. The lowest BCUT2D eigenvalue weighted by Crippen LogP contribution is -2.68. The molecule has 2 aliphatic heterocycles. The Kier molecular flexibility index (Phi) is 4.62. The molecule has 4 heterocycles. The number of benzene rings is 1. The van der Waals surface area contributed by atoms with Crippen molar-refractivity contribution in [3.8, 4) is 11.3 Å². The highest BCUT2D eigenvalue weighted by Crippen LogP contribution is 2.56. The molecule has 2 aromatic heterocycles. The molecule has 9 heteroatoms. The van der Waals surface area contributed by atoms with E-state index in [4.69, 9.17) is 5.10 Å². The maximum Gasteiger partial charge on any atom is 0.319 e. The number of carbonyl (C=O) groups is 2. The topological polar surface area (TPSA) is 104 Å². The van der Waals surface area contributed by atoms with Crippen LogP contribution in [-0.4, -0.2) is 56.9 Å². The fourth-order valence-corrected chi connectivity index (χ4v) is 6.75. The first-order chi connectivity index (χ1) is 17.5.